The molecule has 0 radical (unpaired) electrons. The number of ether oxygens (including phenoxy) is 1. The molecular formula is C22H24N2O3. The summed E-state index contributed by atoms with van der Waals surface area (Å²) in [7, 11) is 0. The summed E-state index contributed by atoms with van der Waals surface area (Å²) in [6.07, 6.45) is 6.28. The van der Waals surface area contributed by atoms with E-state index < -0.39 is 0 Å². The predicted octanol–water partition coefficient (Wildman–Crippen LogP) is 5.77. The highest BCUT2D eigenvalue weighted by Crippen LogP contribution is 2.27. The van der Waals surface area contributed by atoms with Gasteiger partial charge in [0, 0.05) is 30.7 Å². The molecule has 0 aliphatic rings. The topological polar surface area (TPSA) is 65.2 Å². The molecule has 27 heavy (non-hydrogen) atoms. The van der Waals surface area contributed by atoms with E-state index in [0.29, 0.717) is 23.6 Å². The van der Waals surface area contributed by atoms with Crippen molar-refractivity contribution in [2.45, 2.75) is 40.0 Å². The SMILES string of the molecule is CC(=O)C[C@@H](C)/C=C/c1ccc(Oc2ccc3nc(C(C)C)oc3c2)nc1. The van der Waals surface area contributed by atoms with Gasteiger partial charge >= 0.3 is 0 Å². The molecule has 0 spiro atoms. The Morgan fingerprint density at radius 3 is 2.70 bits per heavy atom. The van der Waals surface area contributed by atoms with E-state index in [9.17, 15) is 4.79 Å². The molecule has 3 rings (SSSR count). The Morgan fingerprint density at radius 1 is 1.22 bits per heavy atom. The summed E-state index contributed by atoms with van der Waals surface area (Å²) in [5.41, 5.74) is 2.49. The Labute approximate surface area is 159 Å². The fourth-order valence-corrected chi connectivity index (χ4v) is 2.70. The van der Waals surface area contributed by atoms with Crippen LogP contribution in [0, 0.1) is 5.92 Å². The van der Waals surface area contributed by atoms with Gasteiger partial charge in [0.15, 0.2) is 11.5 Å². The summed E-state index contributed by atoms with van der Waals surface area (Å²) in [4.78, 5) is 19.9. The highest BCUT2D eigenvalue weighted by molar-refractivity contribution is 5.76. The van der Waals surface area contributed by atoms with Gasteiger partial charge in [-0.15, -0.1) is 0 Å². The van der Waals surface area contributed by atoms with E-state index in [1.807, 2.05) is 63.3 Å². The quantitative estimate of drug-likeness (QED) is 0.533. The molecule has 0 saturated carbocycles. The highest BCUT2D eigenvalue weighted by Gasteiger charge is 2.10. The number of hydrogen-bond donors (Lipinski definition) is 0. The molecule has 0 aliphatic carbocycles. The van der Waals surface area contributed by atoms with Gasteiger partial charge in [-0.1, -0.05) is 32.9 Å². The molecule has 0 aliphatic heterocycles. The van der Waals surface area contributed by atoms with Gasteiger partial charge in [-0.05, 0) is 36.6 Å². The van der Waals surface area contributed by atoms with Crippen LogP contribution in [-0.4, -0.2) is 15.8 Å². The Bertz CT molecular complexity index is 955. The molecule has 0 unspecified atom stereocenters. The number of carbonyl (C=O) groups is 1. The lowest BCUT2D eigenvalue weighted by molar-refractivity contribution is -0.117. The van der Waals surface area contributed by atoms with Crippen molar-refractivity contribution in [3.63, 3.8) is 0 Å². The minimum atomic E-state index is 0.193. The molecule has 2 aromatic heterocycles. The number of benzene rings is 1. The number of ketones is 1. The maximum atomic E-state index is 11.1. The van der Waals surface area contributed by atoms with Gasteiger partial charge in [-0.3, -0.25) is 0 Å². The van der Waals surface area contributed by atoms with Crippen molar-refractivity contribution in [1.29, 1.82) is 0 Å². The van der Waals surface area contributed by atoms with E-state index in [1.54, 1.807) is 13.1 Å². The summed E-state index contributed by atoms with van der Waals surface area (Å²) in [6, 6.07) is 9.32. The first-order valence-electron chi connectivity index (χ1n) is 9.12. The number of pyridine rings is 1. The molecule has 0 bridgehead atoms. The van der Waals surface area contributed by atoms with Crippen LogP contribution in [0.3, 0.4) is 0 Å². The molecule has 3 aromatic rings. The van der Waals surface area contributed by atoms with Crippen molar-refractivity contribution in [2.75, 3.05) is 0 Å². The van der Waals surface area contributed by atoms with Gasteiger partial charge in [0.2, 0.25) is 5.88 Å². The number of nitrogens with zero attached hydrogens (tertiary/aromatic N) is 2. The van der Waals surface area contributed by atoms with E-state index in [4.69, 9.17) is 9.15 Å². The Balaban J connectivity index is 1.68. The summed E-state index contributed by atoms with van der Waals surface area (Å²) < 4.78 is 11.6. The number of oxazole rings is 1. The van der Waals surface area contributed by atoms with Crippen molar-refractivity contribution in [2.24, 2.45) is 5.92 Å². The molecule has 0 amide bonds. The van der Waals surface area contributed by atoms with Crippen molar-refractivity contribution >= 4 is 23.0 Å². The van der Waals surface area contributed by atoms with E-state index in [-0.39, 0.29) is 17.6 Å². The predicted molar refractivity (Wildman–Crippen MR) is 106 cm³/mol. The molecule has 140 valence electrons. The van der Waals surface area contributed by atoms with E-state index in [0.717, 1.165) is 17.0 Å². The Kier molecular flexibility index (Phi) is 5.69. The van der Waals surface area contributed by atoms with Crippen LogP contribution >= 0.6 is 0 Å². The Morgan fingerprint density at radius 2 is 2.04 bits per heavy atom. The summed E-state index contributed by atoms with van der Waals surface area (Å²) in [5, 5.41) is 0. The number of allylic oxidation sites excluding steroid dienone is 1. The van der Waals surface area contributed by atoms with Crippen molar-refractivity contribution in [3.8, 4) is 11.6 Å². The number of rotatable bonds is 7. The smallest absolute Gasteiger partial charge is 0.219 e. The van der Waals surface area contributed by atoms with Crippen molar-refractivity contribution in [1.82, 2.24) is 9.97 Å². The van der Waals surface area contributed by atoms with Crippen LogP contribution < -0.4 is 4.74 Å². The minimum Gasteiger partial charge on any atom is -0.440 e. The second-order valence-corrected chi connectivity index (χ2v) is 7.11. The maximum absolute atomic E-state index is 11.1. The van der Waals surface area contributed by atoms with Crippen LogP contribution in [0.25, 0.3) is 17.2 Å². The number of aromatic nitrogens is 2. The van der Waals surface area contributed by atoms with Gasteiger partial charge in [-0.2, -0.15) is 0 Å². The average molecular weight is 364 g/mol. The first-order valence-corrected chi connectivity index (χ1v) is 9.12. The molecule has 1 aromatic carbocycles. The number of Topliss-reactive ketones (excluding diaryl/α,β-unsaturated/α-hetero) is 1. The monoisotopic (exact) mass is 364 g/mol. The zero-order valence-electron chi connectivity index (χ0n) is 16.1. The van der Waals surface area contributed by atoms with Gasteiger partial charge in [0.05, 0.1) is 0 Å². The molecule has 1 atom stereocenters. The second-order valence-electron chi connectivity index (χ2n) is 7.11. The zero-order valence-corrected chi connectivity index (χ0v) is 16.1. The molecule has 5 nitrogen and oxygen atoms in total. The molecule has 0 fully saturated rings. The van der Waals surface area contributed by atoms with Gasteiger partial charge in [0.25, 0.3) is 0 Å². The van der Waals surface area contributed by atoms with E-state index in [1.165, 1.54) is 0 Å². The second kappa shape index (κ2) is 8.16. The van der Waals surface area contributed by atoms with Crippen LogP contribution in [0.2, 0.25) is 0 Å². The lowest BCUT2D eigenvalue weighted by Crippen LogP contribution is -1.97. The molecule has 0 N–H and O–H groups in total. The van der Waals surface area contributed by atoms with Crippen LogP contribution in [-0.2, 0) is 4.79 Å². The minimum absolute atomic E-state index is 0.193. The number of hydrogen-bond acceptors (Lipinski definition) is 5. The number of fused-ring (bicyclic) bond motifs is 1. The maximum Gasteiger partial charge on any atom is 0.219 e. The lowest BCUT2D eigenvalue weighted by Gasteiger charge is -2.05. The van der Waals surface area contributed by atoms with E-state index in [2.05, 4.69) is 9.97 Å². The van der Waals surface area contributed by atoms with Crippen LogP contribution in [0.5, 0.6) is 11.6 Å². The molecule has 0 saturated heterocycles. The molecule has 2 heterocycles. The fourth-order valence-electron chi connectivity index (χ4n) is 2.70. The third kappa shape index (κ3) is 5.03. The first-order chi connectivity index (χ1) is 12.9. The first kappa shape index (κ1) is 18.8. The van der Waals surface area contributed by atoms with Crippen molar-refractivity contribution < 1.29 is 13.9 Å². The summed E-state index contributed by atoms with van der Waals surface area (Å²) >= 11 is 0. The lowest BCUT2D eigenvalue weighted by atomic mass is 10.0. The Hall–Kier alpha value is -2.95. The average Bonchev–Trinajstić information content (AvgIpc) is 3.04. The van der Waals surface area contributed by atoms with E-state index >= 15 is 0 Å². The van der Waals surface area contributed by atoms with Crippen LogP contribution in [0.15, 0.2) is 47.0 Å². The molecule has 5 heteroatoms. The van der Waals surface area contributed by atoms with Crippen LogP contribution in [0.1, 0.15) is 51.5 Å². The third-order valence-electron chi connectivity index (χ3n) is 4.08. The molecular weight excluding hydrogens is 340 g/mol. The van der Waals surface area contributed by atoms with Crippen molar-refractivity contribution in [3.05, 3.63) is 54.1 Å². The highest BCUT2D eigenvalue weighted by atomic mass is 16.5. The van der Waals surface area contributed by atoms with Gasteiger partial charge in [0.1, 0.15) is 17.0 Å². The summed E-state index contributed by atoms with van der Waals surface area (Å²) in [5.74, 6) is 2.52. The van der Waals surface area contributed by atoms with Gasteiger partial charge < -0.3 is 13.9 Å². The normalized spacial score (nSPS) is 12.8. The largest absolute Gasteiger partial charge is 0.440 e. The number of carbonyl (C=O) groups excluding carboxylic acids is 1. The fraction of sp³-hybridized carbons (Fsp3) is 0.318. The zero-order chi connectivity index (χ0) is 19.4. The van der Waals surface area contributed by atoms with Crippen LogP contribution in [0.4, 0.5) is 0 Å². The third-order valence-corrected chi connectivity index (χ3v) is 4.08. The summed E-state index contributed by atoms with van der Waals surface area (Å²) in [6.45, 7) is 7.72. The standard InChI is InChI=1S/C22H24N2O3/c1-14(2)22-24-19-9-8-18(12-20(19)27-22)26-21-10-7-17(13-23-21)6-5-15(3)11-16(4)25/h5-10,12-15H,11H2,1-4H3/b6-5+/t15-/m0/s1. The van der Waals surface area contributed by atoms with Gasteiger partial charge in [-0.25, -0.2) is 9.97 Å².